The number of hydrogen-bond donors (Lipinski definition) is 1. The molecule has 1 N–H and O–H groups in total. The summed E-state index contributed by atoms with van der Waals surface area (Å²) < 4.78 is 7.71. The maximum atomic E-state index is 12.0. The molecule has 1 fully saturated rings. The van der Waals surface area contributed by atoms with E-state index in [9.17, 15) is 4.79 Å². The molecule has 8 nitrogen and oxygen atoms in total. The first kappa shape index (κ1) is 14.0. The summed E-state index contributed by atoms with van der Waals surface area (Å²) in [7, 11) is 1.62. The molecule has 1 aromatic heterocycles. The first-order chi connectivity index (χ1) is 11.3. The lowest BCUT2D eigenvalue weighted by Gasteiger charge is -2.35. The zero-order valence-corrected chi connectivity index (χ0v) is 12.8. The highest BCUT2D eigenvalue weighted by Crippen LogP contribution is 2.36. The summed E-state index contributed by atoms with van der Waals surface area (Å²) in [4.78, 5) is 14.1. The van der Waals surface area contributed by atoms with E-state index >= 15 is 0 Å². The van der Waals surface area contributed by atoms with Crippen LogP contribution in [0, 0.1) is 0 Å². The van der Waals surface area contributed by atoms with E-state index in [4.69, 9.17) is 4.74 Å². The van der Waals surface area contributed by atoms with Crippen LogP contribution in [0.1, 0.15) is 24.7 Å². The summed E-state index contributed by atoms with van der Waals surface area (Å²) in [6.07, 6.45) is 1.71. The van der Waals surface area contributed by atoms with Crippen molar-refractivity contribution in [3.8, 4) is 5.75 Å². The Hall–Kier alpha value is -2.64. The smallest absolute Gasteiger partial charge is 0.262 e. The molecule has 0 radical (unpaired) electrons. The van der Waals surface area contributed by atoms with E-state index in [0.717, 1.165) is 24.4 Å². The van der Waals surface area contributed by atoms with Gasteiger partial charge in [0.1, 0.15) is 5.75 Å². The highest BCUT2D eigenvalue weighted by molar-refractivity contribution is 5.83. The van der Waals surface area contributed by atoms with Crippen LogP contribution >= 0.6 is 0 Å². The third-order valence-electron chi connectivity index (χ3n) is 4.19. The first-order valence-corrected chi connectivity index (χ1v) is 7.75. The second-order valence-electron chi connectivity index (χ2n) is 5.84. The topological polar surface area (TPSA) is 85.2 Å². The minimum atomic E-state index is -0.542. The molecule has 2 aliphatic rings. The molecule has 0 saturated heterocycles. The van der Waals surface area contributed by atoms with Crippen molar-refractivity contribution < 1.29 is 9.53 Å². The molecule has 4 rings (SSSR count). The van der Waals surface area contributed by atoms with Gasteiger partial charge in [0.05, 0.1) is 24.8 Å². The SMILES string of the molecule is CNC(=O)[C@@H]1CN(Cc2nnnn2C2CC2)c2ccccc2O1. The second kappa shape index (κ2) is 5.53. The Morgan fingerprint density at radius 3 is 3.00 bits per heavy atom. The number of para-hydroxylation sites is 2. The fourth-order valence-electron chi connectivity index (χ4n) is 2.84. The average molecular weight is 314 g/mol. The molecule has 2 heterocycles. The van der Waals surface area contributed by atoms with E-state index in [1.165, 1.54) is 0 Å². The standard InChI is InChI=1S/C15H18N6O2/c1-16-15(22)13-8-20(11-4-2-3-5-12(11)23-13)9-14-17-18-19-21(14)10-6-7-10/h2-5,10,13H,6-9H2,1H3,(H,16,22)/t13-/m0/s1. The van der Waals surface area contributed by atoms with Crippen LogP contribution in [0.5, 0.6) is 5.75 Å². The number of carbonyl (C=O) groups is 1. The molecule has 23 heavy (non-hydrogen) atoms. The number of tetrazole rings is 1. The number of fused-ring (bicyclic) bond motifs is 1. The van der Waals surface area contributed by atoms with Gasteiger partial charge in [0.15, 0.2) is 11.9 Å². The number of nitrogens with one attached hydrogen (secondary N) is 1. The number of rotatable bonds is 4. The van der Waals surface area contributed by atoms with Gasteiger partial charge < -0.3 is 15.0 Å². The molecule has 1 saturated carbocycles. The van der Waals surface area contributed by atoms with Gasteiger partial charge in [-0.1, -0.05) is 12.1 Å². The van der Waals surface area contributed by atoms with Crippen LogP contribution in [0.25, 0.3) is 0 Å². The number of hydrogen-bond acceptors (Lipinski definition) is 6. The lowest BCUT2D eigenvalue weighted by atomic mass is 10.1. The van der Waals surface area contributed by atoms with E-state index < -0.39 is 6.10 Å². The number of likely N-dealkylation sites (N-methyl/N-ethyl adjacent to an activating group) is 1. The average Bonchev–Trinajstić information content (AvgIpc) is 3.33. The zero-order valence-electron chi connectivity index (χ0n) is 12.8. The van der Waals surface area contributed by atoms with Crippen molar-refractivity contribution in [2.45, 2.75) is 31.5 Å². The Kier molecular flexibility index (Phi) is 3.36. The normalized spacial score (nSPS) is 19.9. The lowest BCUT2D eigenvalue weighted by molar-refractivity contribution is -0.127. The van der Waals surface area contributed by atoms with Gasteiger partial charge >= 0.3 is 0 Å². The maximum Gasteiger partial charge on any atom is 0.262 e. The van der Waals surface area contributed by atoms with Crippen LogP contribution in [0.3, 0.4) is 0 Å². The predicted octanol–water partition coefficient (Wildman–Crippen LogP) is 0.522. The first-order valence-electron chi connectivity index (χ1n) is 7.75. The minimum Gasteiger partial charge on any atom is -0.477 e. The minimum absolute atomic E-state index is 0.133. The molecule has 1 amide bonds. The van der Waals surface area contributed by atoms with E-state index in [-0.39, 0.29) is 5.91 Å². The van der Waals surface area contributed by atoms with Crippen LogP contribution in [-0.2, 0) is 11.3 Å². The van der Waals surface area contributed by atoms with Crippen LogP contribution in [0.15, 0.2) is 24.3 Å². The molecule has 0 bridgehead atoms. The molecule has 8 heteroatoms. The predicted molar refractivity (Wildman–Crippen MR) is 82.1 cm³/mol. The van der Waals surface area contributed by atoms with Gasteiger partial charge in [0, 0.05) is 7.05 Å². The summed E-state index contributed by atoms with van der Waals surface area (Å²) >= 11 is 0. The summed E-state index contributed by atoms with van der Waals surface area (Å²) in [5, 5.41) is 14.7. The van der Waals surface area contributed by atoms with Gasteiger partial charge in [-0.05, 0) is 35.4 Å². The molecular weight excluding hydrogens is 296 g/mol. The number of anilines is 1. The van der Waals surface area contributed by atoms with Crippen molar-refractivity contribution in [2.24, 2.45) is 0 Å². The summed E-state index contributed by atoms with van der Waals surface area (Å²) in [6, 6.07) is 8.14. The summed E-state index contributed by atoms with van der Waals surface area (Å²) in [6.45, 7) is 1.02. The largest absolute Gasteiger partial charge is 0.477 e. The van der Waals surface area contributed by atoms with Crippen molar-refractivity contribution in [1.29, 1.82) is 0 Å². The fourth-order valence-corrected chi connectivity index (χ4v) is 2.84. The fraction of sp³-hybridized carbons (Fsp3) is 0.467. The lowest BCUT2D eigenvalue weighted by Crippen LogP contribution is -2.48. The number of benzene rings is 1. The Morgan fingerprint density at radius 1 is 1.39 bits per heavy atom. The van der Waals surface area contributed by atoms with Crippen LogP contribution in [-0.4, -0.2) is 45.8 Å². The van der Waals surface area contributed by atoms with Gasteiger partial charge in [-0.15, -0.1) is 5.10 Å². The van der Waals surface area contributed by atoms with Gasteiger partial charge in [0.2, 0.25) is 0 Å². The molecule has 1 aliphatic carbocycles. The van der Waals surface area contributed by atoms with Crippen molar-refractivity contribution in [3.63, 3.8) is 0 Å². The van der Waals surface area contributed by atoms with E-state index in [0.29, 0.717) is 24.9 Å². The van der Waals surface area contributed by atoms with Crippen LogP contribution < -0.4 is 15.0 Å². The maximum absolute atomic E-state index is 12.0. The molecule has 2 aromatic rings. The Balaban J connectivity index is 1.63. The van der Waals surface area contributed by atoms with Gasteiger partial charge in [0.25, 0.3) is 5.91 Å². The van der Waals surface area contributed by atoms with Crippen LogP contribution in [0.4, 0.5) is 5.69 Å². The highest BCUT2D eigenvalue weighted by Gasteiger charge is 2.33. The number of aromatic nitrogens is 4. The van der Waals surface area contributed by atoms with E-state index in [2.05, 4.69) is 25.7 Å². The molecule has 1 aromatic carbocycles. The Morgan fingerprint density at radius 2 is 2.22 bits per heavy atom. The van der Waals surface area contributed by atoms with Crippen LogP contribution in [0.2, 0.25) is 0 Å². The monoisotopic (exact) mass is 314 g/mol. The third-order valence-corrected chi connectivity index (χ3v) is 4.19. The number of nitrogens with zero attached hydrogens (tertiary/aromatic N) is 5. The van der Waals surface area contributed by atoms with E-state index in [1.807, 2.05) is 28.9 Å². The van der Waals surface area contributed by atoms with Crippen molar-refractivity contribution in [3.05, 3.63) is 30.1 Å². The quantitative estimate of drug-likeness (QED) is 0.885. The van der Waals surface area contributed by atoms with Gasteiger partial charge in [-0.3, -0.25) is 4.79 Å². The molecule has 120 valence electrons. The Labute approximate surface area is 133 Å². The zero-order chi connectivity index (χ0) is 15.8. The Bertz CT molecular complexity index is 726. The van der Waals surface area contributed by atoms with Crippen molar-refractivity contribution in [2.75, 3.05) is 18.5 Å². The van der Waals surface area contributed by atoms with Crippen molar-refractivity contribution >= 4 is 11.6 Å². The third kappa shape index (κ3) is 2.60. The molecule has 1 atom stereocenters. The summed E-state index contributed by atoms with van der Waals surface area (Å²) in [5.41, 5.74) is 0.956. The summed E-state index contributed by atoms with van der Waals surface area (Å²) in [5.74, 6) is 1.39. The van der Waals surface area contributed by atoms with E-state index in [1.54, 1.807) is 7.05 Å². The number of amides is 1. The van der Waals surface area contributed by atoms with Gasteiger partial charge in [-0.2, -0.15) is 0 Å². The molecule has 1 aliphatic heterocycles. The number of ether oxygens (including phenoxy) is 1. The number of carbonyl (C=O) groups excluding carboxylic acids is 1. The molecular formula is C15H18N6O2. The molecule has 0 spiro atoms. The second-order valence-corrected chi connectivity index (χ2v) is 5.84. The highest BCUT2D eigenvalue weighted by atomic mass is 16.5. The van der Waals surface area contributed by atoms with Gasteiger partial charge in [-0.25, -0.2) is 4.68 Å². The van der Waals surface area contributed by atoms with Crippen molar-refractivity contribution in [1.82, 2.24) is 25.5 Å². The molecule has 0 unspecified atom stereocenters.